The second-order valence-corrected chi connectivity index (χ2v) is 5.59. The zero-order chi connectivity index (χ0) is 12.0. The molecule has 0 saturated carbocycles. The van der Waals surface area contributed by atoms with Crippen molar-refractivity contribution < 1.29 is 0 Å². The Morgan fingerprint density at radius 3 is 1.53 bits per heavy atom. The van der Waals surface area contributed by atoms with Gasteiger partial charge in [-0.1, -0.05) is 73.3 Å². The minimum Gasteiger partial charge on any atom is -0.0859 e. The Balaban J connectivity index is 4.61. The Kier molecular flexibility index (Phi) is 7.39. The lowest BCUT2D eigenvalue weighted by molar-refractivity contribution is 0.233. The highest BCUT2D eigenvalue weighted by molar-refractivity contribution is 6.58. The average Bonchev–Trinajstić information content (AvgIpc) is 2.27. The molecule has 0 rings (SSSR count). The number of hydrogen-bond donors (Lipinski definition) is 0. The summed E-state index contributed by atoms with van der Waals surface area (Å²) < 4.78 is 0. The van der Waals surface area contributed by atoms with Crippen LogP contribution in [0.25, 0.3) is 0 Å². The van der Waals surface area contributed by atoms with Crippen LogP contribution in [0.2, 0.25) is 19.0 Å². The minimum atomic E-state index is 0.873. The van der Waals surface area contributed by atoms with Gasteiger partial charge in [0.15, 0.2) is 0 Å². The van der Waals surface area contributed by atoms with Gasteiger partial charge in [-0.15, -0.1) is 0 Å². The van der Waals surface area contributed by atoms with Gasteiger partial charge in [-0.2, -0.15) is 0 Å². The second-order valence-electron chi connectivity index (χ2n) is 5.59. The summed E-state index contributed by atoms with van der Waals surface area (Å²) in [5, 5.41) is 0. The van der Waals surface area contributed by atoms with Crippen molar-refractivity contribution in [2.24, 2.45) is 17.8 Å². The molecule has 0 nitrogen and oxygen atoms in total. The zero-order valence-corrected chi connectivity index (χ0v) is 12.0. The number of rotatable bonds is 7. The van der Waals surface area contributed by atoms with Crippen LogP contribution in [0.15, 0.2) is 0 Å². The predicted octanol–water partition coefficient (Wildman–Crippen LogP) is 5.23. The summed E-state index contributed by atoms with van der Waals surface area (Å²) in [5.74, 6) is 3.54. The lowest BCUT2D eigenvalue weighted by Crippen LogP contribution is -2.30. The Hall–Kier alpha value is 0.0649. The van der Waals surface area contributed by atoms with E-state index in [9.17, 15) is 0 Å². The molecule has 0 aliphatic carbocycles. The van der Waals surface area contributed by atoms with Crippen molar-refractivity contribution in [1.29, 1.82) is 0 Å². The van der Waals surface area contributed by atoms with Crippen LogP contribution < -0.4 is 0 Å². The molecule has 0 aliphatic heterocycles. The standard InChI is InChI=1S/C14H31B/c1-8-11(4)14(12(5)9-2)13(6)15(7)10-3/h11-14H,8-10H2,1-7H3. The average molecular weight is 210 g/mol. The highest BCUT2D eigenvalue weighted by Gasteiger charge is 2.30. The molecule has 0 aromatic heterocycles. The summed E-state index contributed by atoms with van der Waals surface area (Å²) >= 11 is 0. The van der Waals surface area contributed by atoms with Crippen molar-refractivity contribution in [1.82, 2.24) is 0 Å². The largest absolute Gasteiger partial charge is 0.139 e. The topological polar surface area (TPSA) is 0 Å². The van der Waals surface area contributed by atoms with Crippen LogP contribution in [0.3, 0.4) is 0 Å². The molecule has 90 valence electrons. The minimum absolute atomic E-state index is 0.873. The first kappa shape index (κ1) is 15.1. The van der Waals surface area contributed by atoms with Crippen LogP contribution >= 0.6 is 0 Å². The molecule has 0 radical (unpaired) electrons. The van der Waals surface area contributed by atoms with Gasteiger partial charge in [0.1, 0.15) is 6.71 Å². The van der Waals surface area contributed by atoms with Gasteiger partial charge < -0.3 is 0 Å². The Morgan fingerprint density at radius 2 is 1.27 bits per heavy atom. The third-order valence-corrected chi connectivity index (χ3v) is 4.75. The van der Waals surface area contributed by atoms with E-state index in [1.165, 1.54) is 19.2 Å². The summed E-state index contributed by atoms with van der Waals surface area (Å²) in [5.41, 5.74) is 0. The Morgan fingerprint density at radius 1 is 0.867 bits per heavy atom. The first-order valence-corrected chi connectivity index (χ1v) is 6.99. The quantitative estimate of drug-likeness (QED) is 0.505. The molecule has 0 aromatic rings. The maximum atomic E-state index is 2.47. The normalized spacial score (nSPS) is 19.4. The van der Waals surface area contributed by atoms with Gasteiger partial charge in [0, 0.05) is 0 Å². The van der Waals surface area contributed by atoms with Gasteiger partial charge in [0.05, 0.1) is 0 Å². The van der Waals surface area contributed by atoms with E-state index in [-0.39, 0.29) is 0 Å². The molecule has 0 fully saturated rings. The van der Waals surface area contributed by atoms with Crippen LogP contribution in [0.1, 0.15) is 54.4 Å². The van der Waals surface area contributed by atoms with E-state index < -0.39 is 0 Å². The lowest BCUT2D eigenvalue weighted by atomic mass is 9.37. The summed E-state index contributed by atoms with van der Waals surface area (Å²) in [7, 11) is 0. The van der Waals surface area contributed by atoms with Crippen molar-refractivity contribution in [3.8, 4) is 0 Å². The first-order valence-electron chi connectivity index (χ1n) is 6.99. The van der Waals surface area contributed by atoms with Crippen LogP contribution in [-0.4, -0.2) is 6.71 Å². The summed E-state index contributed by atoms with van der Waals surface area (Å²) in [6, 6.07) is 0. The zero-order valence-electron chi connectivity index (χ0n) is 12.0. The van der Waals surface area contributed by atoms with Crippen molar-refractivity contribution >= 4 is 6.71 Å². The van der Waals surface area contributed by atoms with Crippen molar-refractivity contribution in [3.05, 3.63) is 0 Å². The van der Waals surface area contributed by atoms with Crippen LogP contribution in [0.4, 0.5) is 0 Å². The van der Waals surface area contributed by atoms with E-state index in [0.29, 0.717) is 0 Å². The van der Waals surface area contributed by atoms with E-state index in [2.05, 4.69) is 48.4 Å². The highest BCUT2D eigenvalue weighted by atomic mass is 14.3. The van der Waals surface area contributed by atoms with Crippen LogP contribution in [-0.2, 0) is 0 Å². The van der Waals surface area contributed by atoms with Gasteiger partial charge in [-0.25, -0.2) is 0 Å². The molecule has 0 N–H and O–H groups in total. The van der Waals surface area contributed by atoms with Gasteiger partial charge >= 0.3 is 0 Å². The maximum Gasteiger partial charge on any atom is 0.139 e. The molecule has 1 heteroatoms. The Bertz CT molecular complexity index is 145. The van der Waals surface area contributed by atoms with E-state index in [1.54, 1.807) is 0 Å². The van der Waals surface area contributed by atoms with Gasteiger partial charge in [0.2, 0.25) is 0 Å². The third-order valence-electron chi connectivity index (χ3n) is 4.75. The van der Waals surface area contributed by atoms with Crippen molar-refractivity contribution in [2.75, 3.05) is 0 Å². The fraction of sp³-hybridized carbons (Fsp3) is 1.00. The smallest absolute Gasteiger partial charge is 0.0859 e. The Labute approximate surface area is 98.3 Å². The molecular formula is C14H31B. The molecule has 3 atom stereocenters. The molecular weight excluding hydrogens is 179 g/mol. The molecule has 0 aromatic carbocycles. The summed E-state index contributed by atoms with van der Waals surface area (Å²) in [6.45, 7) is 17.6. The van der Waals surface area contributed by atoms with Gasteiger partial charge in [-0.05, 0) is 17.8 Å². The van der Waals surface area contributed by atoms with Gasteiger partial charge in [0.25, 0.3) is 0 Å². The van der Waals surface area contributed by atoms with Gasteiger partial charge in [-0.3, -0.25) is 0 Å². The first-order chi connectivity index (χ1) is 6.99. The molecule has 0 heterocycles. The molecule has 0 spiro atoms. The fourth-order valence-electron chi connectivity index (χ4n) is 2.89. The highest BCUT2D eigenvalue weighted by Crippen LogP contribution is 2.38. The number of hydrogen-bond acceptors (Lipinski definition) is 0. The third kappa shape index (κ3) is 4.21. The van der Waals surface area contributed by atoms with Crippen LogP contribution in [0, 0.1) is 17.8 Å². The molecule has 3 unspecified atom stereocenters. The van der Waals surface area contributed by atoms with Crippen molar-refractivity contribution in [3.63, 3.8) is 0 Å². The lowest BCUT2D eigenvalue weighted by Gasteiger charge is -2.36. The molecule has 0 aliphatic rings. The fourth-order valence-corrected chi connectivity index (χ4v) is 2.89. The van der Waals surface area contributed by atoms with Crippen molar-refractivity contribution in [2.45, 2.75) is 73.3 Å². The second kappa shape index (κ2) is 7.36. The van der Waals surface area contributed by atoms with E-state index in [4.69, 9.17) is 0 Å². The SMILES string of the molecule is CCB(C)C(C)C(C(C)CC)C(C)CC. The molecule has 0 bridgehead atoms. The maximum absolute atomic E-state index is 2.47. The molecule has 0 amide bonds. The summed E-state index contributed by atoms with van der Waals surface area (Å²) in [4.78, 5) is 0. The van der Waals surface area contributed by atoms with Crippen LogP contribution in [0.5, 0.6) is 0 Å². The summed E-state index contributed by atoms with van der Waals surface area (Å²) in [6.07, 6.45) is 3.98. The van der Waals surface area contributed by atoms with E-state index >= 15 is 0 Å². The van der Waals surface area contributed by atoms with E-state index in [1.807, 2.05) is 0 Å². The van der Waals surface area contributed by atoms with E-state index in [0.717, 1.165) is 30.3 Å². The predicted molar refractivity (Wildman–Crippen MR) is 73.9 cm³/mol. The monoisotopic (exact) mass is 210 g/mol. The molecule has 15 heavy (non-hydrogen) atoms. The molecule has 0 saturated heterocycles.